The van der Waals surface area contributed by atoms with Crippen LogP contribution in [0.15, 0.2) is 42.5 Å². The number of rotatable bonds is 3. The maximum Gasteiger partial charge on any atom is 0.335 e. The van der Waals surface area contributed by atoms with Gasteiger partial charge in [0, 0.05) is 0 Å². The molecule has 1 unspecified atom stereocenters. The first-order valence-electron chi connectivity index (χ1n) is 7.12. The molecule has 0 saturated carbocycles. The van der Waals surface area contributed by atoms with Gasteiger partial charge in [-0.25, -0.2) is 4.79 Å². The second kappa shape index (κ2) is 5.48. The molecular formula is C17H18N2O2. The van der Waals surface area contributed by atoms with Crippen LogP contribution in [-0.4, -0.2) is 11.1 Å². The summed E-state index contributed by atoms with van der Waals surface area (Å²) in [7, 11) is 0. The van der Waals surface area contributed by atoms with Crippen molar-refractivity contribution in [2.45, 2.75) is 25.3 Å². The number of hydrogen-bond acceptors (Lipinski definition) is 3. The van der Waals surface area contributed by atoms with Crippen molar-refractivity contribution >= 4 is 17.3 Å². The average Bonchev–Trinajstić information content (AvgIpc) is 2.49. The van der Waals surface area contributed by atoms with E-state index in [1.54, 1.807) is 12.1 Å². The third-order valence-corrected chi connectivity index (χ3v) is 4.00. The molecule has 0 saturated heterocycles. The number of carboxylic acid groups (broad SMARTS) is 1. The monoisotopic (exact) mass is 282 g/mol. The molecule has 3 rings (SSSR count). The fourth-order valence-corrected chi connectivity index (χ4v) is 2.92. The molecule has 0 bridgehead atoms. The zero-order chi connectivity index (χ0) is 14.8. The number of carboxylic acids is 1. The van der Waals surface area contributed by atoms with E-state index in [0.29, 0.717) is 5.69 Å². The van der Waals surface area contributed by atoms with E-state index < -0.39 is 5.97 Å². The van der Waals surface area contributed by atoms with Crippen LogP contribution < -0.4 is 11.1 Å². The van der Waals surface area contributed by atoms with Crippen LogP contribution >= 0.6 is 0 Å². The summed E-state index contributed by atoms with van der Waals surface area (Å²) in [4.78, 5) is 10.9. The Bertz CT molecular complexity index is 682. The van der Waals surface area contributed by atoms with E-state index in [4.69, 9.17) is 10.8 Å². The van der Waals surface area contributed by atoms with Gasteiger partial charge in [-0.3, -0.25) is 0 Å². The number of hydrogen-bond donors (Lipinski definition) is 3. The zero-order valence-electron chi connectivity index (χ0n) is 11.7. The van der Waals surface area contributed by atoms with E-state index in [0.717, 1.165) is 24.9 Å². The number of aryl methyl sites for hydroxylation is 1. The van der Waals surface area contributed by atoms with Gasteiger partial charge in [-0.05, 0) is 48.6 Å². The molecule has 21 heavy (non-hydrogen) atoms. The fraction of sp³-hybridized carbons (Fsp3) is 0.235. The summed E-state index contributed by atoms with van der Waals surface area (Å²) in [6.07, 6.45) is 3.31. The molecule has 4 nitrogen and oxygen atoms in total. The van der Waals surface area contributed by atoms with Crippen molar-refractivity contribution in [2.75, 3.05) is 11.1 Å². The van der Waals surface area contributed by atoms with Crippen molar-refractivity contribution in [1.29, 1.82) is 0 Å². The molecule has 0 aliphatic heterocycles. The Labute approximate surface area is 123 Å². The number of nitrogens with one attached hydrogen (secondary N) is 1. The van der Waals surface area contributed by atoms with Gasteiger partial charge in [0.25, 0.3) is 0 Å². The van der Waals surface area contributed by atoms with Gasteiger partial charge in [0.2, 0.25) is 0 Å². The maximum absolute atomic E-state index is 10.9. The lowest BCUT2D eigenvalue weighted by Crippen LogP contribution is -2.18. The number of fused-ring (bicyclic) bond motifs is 1. The number of benzene rings is 2. The predicted octanol–water partition coefficient (Wildman–Crippen LogP) is 3.46. The highest BCUT2D eigenvalue weighted by Crippen LogP contribution is 2.34. The van der Waals surface area contributed by atoms with Crippen molar-refractivity contribution in [3.63, 3.8) is 0 Å². The van der Waals surface area contributed by atoms with Crippen LogP contribution in [0.2, 0.25) is 0 Å². The van der Waals surface area contributed by atoms with Gasteiger partial charge in [0.15, 0.2) is 0 Å². The summed E-state index contributed by atoms with van der Waals surface area (Å²) in [5.41, 5.74) is 10.1. The van der Waals surface area contributed by atoms with E-state index in [9.17, 15) is 4.79 Å². The Morgan fingerprint density at radius 3 is 2.81 bits per heavy atom. The minimum Gasteiger partial charge on any atom is -0.478 e. The van der Waals surface area contributed by atoms with E-state index in [-0.39, 0.29) is 11.6 Å². The van der Waals surface area contributed by atoms with Crippen LogP contribution in [-0.2, 0) is 6.42 Å². The van der Waals surface area contributed by atoms with E-state index in [2.05, 4.69) is 29.6 Å². The average molecular weight is 282 g/mol. The molecule has 2 aromatic carbocycles. The summed E-state index contributed by atoms with van der Waals surface area (Å²) in [6.45, 7) is 0. The Morgan fingerprint density at radius 1 is 1.24 bits per heavy atom. The zero-order valence-corrected chi connectivity index (χ0v) is 11.7. The van der Waals surface area contributed by atoms with Crippen LogP contribution in [0.5, 0.6) is 0 Å². The largest absolute Gasteiger partial charge is 0.478 e. The summed E-state index contributed by atoms with van der Waals surface area (Å²) in [5.74, 6) is -0.962. The molecule has 2 aromatic rings. The van der Waals surface area contributed by atoms with Crippen LogP contribution in [0.3, 0.4) is 0 Å². The molecule has 1 aliphatic carbocycles. The van der Waals surface area contributed by atoms with Crippen LogP contribution in [0, 0.1) is 0 Å². The molecule has 4 heteroatoms. The van der Waals surface area contributed by atoms with Crippen LogP contribution in [0.25, 0.3) is 0 Å². The molecule has 0 fully saturated rings. The van der Waals surface area contributed by atoms with Gasteiger partial charge in [-0.1, -0.05) is 24.3 Å². The fourth-order valence-electron chi connectivity index (χ4n) is 2.92. The van der Waals surface area contributed by atoms with E-state index in [1.165, 1.54) is 17.2 Å². The van der Waals surface area contributed by atoms with Crippen molar-refractivity contribution < 1.29 is 9.90 Å². The third-order valence-electron chi connectivity index (χ3n) is 4.00. The standard InChI is InChI=1S/C17H18N2O2/c18-14-10-12(17(20)21)8-9-16(14)19-15-7-3-5-11-4-1-2-6-13(11)15/h1-2,4,6,8-10,15,19H,3,5,7,18H2,(H,20,21). The molecule has 1 aliphatic rings. The SMILES string of the molecule is Nc1cc(C(=O)O)ccc1NC1CCCc2ccccc21. The van der Waals surface area contributed by atoms with Crippen molar-refractivity contribution in [1.82, 2.24) is 0 Å². The van der Waals surface area contributed by atoms with Crippen molar-refractivity contribution in [2.24, 2.45) is 0 Å². The number of nitrogen functional groups attached to an aromatic ring is 1. The molecule has 1 atom stereocenters. The lowest BCUT2D eigenvalue weighted by Gasteiger charge is -2.27. The first-order valence-corrected chi connectivity index (χ1v) is 7.12. The number of carbonyl (C=O) groups is 1. The highest BCUT2D eigenvalue weighted by molar-refractivity contribution is 5.90. The highest BCUT2D eigenvalue weighted by Gasteiger charge is 2.20. The lowest BCUT2D eigenvalue weighted by molar-refractivity contribution is 0.0697. The summed E-state index contributed by atoms with van der Waals surface area (Å²) >= 11 is 0. The van der Waals surface area contributed by atoms with Gasteiger partial charge >= 0.3 is 5.97 Å². The minimum absolute atomic E-state index is 0.210. The van der Waals surface area contributed by atoms with E-state index in [1.807, 2.05) is 0 Å². The molecule has 0 spiro atoms. The quantitative estimate of drug-likeness (QED) is 0.754. The smallest absolute Gasteiger partial charge is 0.335 e. The second-order valence-electron chi connectivity index (χ2n) is 5.40. The van der Waals surface area contributed by atoms with Gasteiger partial charge < -0.3 is 16.2 Å². The first-order chi connectivity index (χ1) is 10.1. The van der Waals surface area contributed by atoms with Crippen molar-refractivity contribution in [3.8, 4) is 0 Å². The third kappa shape index (κ3) is 2.70. The molecule has 0 heterocycles. The minimum atomic E-state index is -0.962. The topological polar surface area (TPSA) is 75.4 Å². The summed E-state index contributed by atoms with van der Waals surface area (Å²) < 4.78 is 0. The summed E-state index contributed by atoms with van der Waals surface area (Å²) in [5, 5.41) is 12.4. The lowest BCUT2D eigenvalue weighted by atomic mass is 9.87. The molecular weight excluding hydrogens is 264 g/mol. The molecule has 0 aromatic heterocycles. The molecule has 0 radical (unpaired) electrons. The maximum atomic E-state index is 10.9. The highest BCUT2D eigenvalue weighted by atomic mass is 16.4. The number of aromatic carboxylic acids is 1. The van der Waals surface area contributed by atoms with Crippen LogP contribution in [0.4, 0.5) is 11.4 Å². The second-order valence-corrected chi connectivity index (χ2v) is 5.40. The number of anilines is 2. The van der Waals surface area contributed by atoms with Gasteiger partial charge in [0.1, 0.15) is 0 Å². The number of nitrogens with two attached hydrogens (primary N) is 1. The Balaban J connectivity index is 1.86. The normalized spacial score (nSPS) is 17.0. The van der Waals surface area contributed by atoms with Gasteiger partial charge in [-0.2, -0.15) is 0 Å². The molecule has 0 amide bonds. The molecule has 4 N–H and O–H groups in total. The van der Waals surface area contributed by atoms with E-state index >= 15 is 0 Å². The van der Waals surface area contributed by atoms with Crippen molar-refractivity contribution in [3.05, 3.63) is 59.2 Å². The predicted molar refractivity (Wildman–Crippen MR) is 83.6 cm³/mol. The van der Waals surface area contributed by atoms with Gasteiger partial charge in [-0.15, -0.1) is 0 Å². The Morgan fingerprint density at radius 2 is 2.05 bits per heavy atom. The first kappa shape index (κ1) is 13.5. The van der Waals surface area contributed by atoms with Gasteiger partial charge in [0.05, 0.1) is 23.0 Å². The van der Waals surface area contributed by atoms with Crippen LogP contribution in [0.1, 0.15) is 40.4 Å². The Kier molecular flexibility index (Phi) is 3.52. The Hall–Kier alpha value is -2.49. The molecule has 108 valence electrons. The summed E-state index contributed by atoms with van der Waals surface area (Å²) in [6, 6.07) is 13.5.